The number of hydrogen-bond donors (Lipinski definition) is 5. The normalized spacial score (nSPS) is 13.3. The number of hydrogen-bond acceptors (Lipinski definition) is 7. The van der Waals surface area contributed by atoms with E-state index in [0.29, 0.717) is 21.6 Å². The number of nitrogens with one attached hydrogen (secondary N) is 2. The van der Waals surface area contributed by atoms with E-state index in [4.69, 9.17) is 16.2 Å². The Balaban J connectivity index is 1.40. The van der Waals surface area contributed by atoms with Crippen molar-refractivity contribution in [2.24, 2.45) is 11.5 Å². The number of nitrogens with zero attached hydrogens (tertiary/aromatic N) is 1. The van der Waals surface area contributed by atoms with Gasteiger partial charge in [0.05, 0.1) is 18.5 Å². The van der Waals surface area contributed by atoms with E-state index < -0.39 is 48.3 Å². The first-order valence-electron chi connectivity index (χ1n) is 14.1. The molecule has 44 heavy (non-hydrogen) atoms. The molecule has 0 radical (unpaired) electrons. The van der Waals surface area contributed by atoms with Gasteiger partial charge in [-0.05, 0) is 41.7 Å². The van der Waals surface area contributed by atoms with Crippen LogP contribution in [0.2, 0.25) is 0 Å². The van der Waals surface area contributed by atoms with Gasteiger partial charge in [-0.3, -0.25) is 19.3 Å². The van der Waals surface area contributed by atoms with E-state index in [1.54, 1.807) is 42.7 Å². The molecule has 2 amide bonds. The van der Waals surface area contributed by atoms with E-state index in [9.17, 15) is 24.3 Å². The fourth-order valence-corrected chi connectivity index (χ4v) is 5.27. The van der Waals surface area contributed by atoms with Gasteiger partial charge in [0.25, 0.3) is 0 Å². The van der Waals surface area contributed by atoms with Crippen LogP contribution >= 0.6 is 0 Å². The summed E-state index contributed by atoms with van der Waals surface area (Å²) >= 11 is 0. The molecule has 5 rings (SSSR count). The smallest absolute Gasteiger partial charge is 0.327 e. The van der Waals surface area contributed by atoms with E-state index in [1.807, 2.05) is 48.5 Å². The van der Waals surface area contributed by atoms with Crippen LogP contribution in [0.1, 0.15) is 23.1 Å². The minimum Gasteiger partial charge on any atom is -0.480 e. The number of carboxylic acids is 1. The molecule has 7 N–H and O–H groups in total. The number of para-hydroxylation sites is 2. The van der Waals surface area contributed by atoms with E-state index in [0.717, 1.165) is 21.8 Å². The third-order valence-electron chi connectivity index (χ3n) is 7.54. The lowest BCUT2D eigenvalue weighted by molar-refractivity contribution is -0.163. The Morgan fingerprint density at radius 2 is 1.20 bits per heavy atom. The lowest BCUT2D eigenvalue weighted by atomic mass is 10.0. The number of esters is 1. The standard InChI is InChI=1S/C33H33N5O6/c34-25(14-21-17-36-27-12-6-4-10-23(21)27)31(40)38(29(33(42)43)16-30(39)44-19-20-8-2-1-3-9-20)32(41)26(35)15-22-18-37-28-13-7-5-11-24(22)28/h1-13,17-18,25-26,29,36-37H,14-16,19,34-35H2,(H,42,43)/t25-,26-,29-/m0/s1. The Morgan fingerprint density at radius 1 is 0.727 bits per heavy atom. The van der Waals surface area contributed by atoms with Gasteiger partial charge in [-0.15, -0.1) is 0 Å². The summed E-state index contributed by atoms with van der Waals surface area (Å²) in [7, 11) is 0. The van der Waals surface area contributed by atoms with Crippen molar-refractivity contribution >= 4 is 45.6 Å². The summed E-state index contributed by atoms with van der Waals surface area (Å²) in [6, 6.07) is 19.2. The summed E-state index contributed by atoms with van der Waals surface area (Å²) in [5.41, 5.74) is 16.5. The van der Waals surface area contributed by atoms with Gasteiger partial charge in [0.1, 0.15) is 12.6 Å². The third-order valence-corrected chi connectivity index (χ3v) is 7.54. The molecule has 0 unspecified atom stereocenters. The molecule has 2 heterocycles. The maximum absolute atomic E-state index is 13.9. The second-order valence-corrected chi connectivity index (χ2v) is 10.6. The van der Waals surface area contributed by atoms with Crippen molar-refractivity contribution in [2.45, 2.75) is 44.0 Å². The van der Waals surface area contributed by atoms with E-state index in [-0.39, 0.29) is 19.4 Å². The molecule has 11 heteroatoms. The quantitative estimate of drug-likeness (QED) is 0.136. The third kappa shape index (κ3) is 6.69. The number of aliphatic carboxylic acids is 1. The van der Waals surface area contributed by atoms with Crippen LogP contribution in [0.5, 0.6) is 0 Å². The number of aromatic amines is 2. The van der Waals surface area contributed by atoms with Crippen LogP contribution in [0, 0.1) is 0 Å². The van der Waals surface area contributed by atoms with Crippen LogP contribution in [-0.4, -0.2) is 61.9 Å². The minimum absolute atomic E-state index is 0.00903. The zero-order chi connectivity index (χ0) is 31.2. The van der Waals surface area contributed by atoms with E-state index in [1.165, 1.54) is 0 Å². The fraction of sp³-hybridized carbons (Fsp3) is 0.212. The van der Waals surface area contributed by atoms with Crippen LogP contribution in [-0.2, 0) is 43.4 Å². The lowest BCUT2D eigenvalue weighted by Crippen LogP contribution is -2.59. The Morgan fingerprint density at radius 3 is 1.70 bits per heavy atom. The number of imide groups is 1. The highest BCUT2D eigenvalue weighted by Gasteiger charge is 2.41. The van der Waals surface area contributed by atoms with Gasteiger partial charge in [0, 0.05) is 34.2 Å². The second kappa shape index (κ2) is 13.4. The highest BCUT2D eigenvalue weighted by atomic mass is 16.5. The van der Waals surface area contributed by atoms with Crippen molar-refractivity contribution in [3.8, 4) is 0 Å². The van der Waals surface area contributed by atoms with Crippen molar-refractivity contribution in [1.82, 2.24) is 14.9 Å². The maximum Gasteiger partial charge on any atom is 0.327 e. The summed E-state index contributed by atoms with van der Waals surface area (Å²) in [6.07, 6.45) is 2.66. The molecule has 0 saturated carbocycles. The molecule has 3 aromatic carbocycles. The Labute approximate surface area is 252 Å². The number of fused-ring (bicyclic) bond motifs is 2. The van der Waals surface area contributed by atoms with Gasteiger partial charge in [-0.25, -0.2) is 4.79 Å². The van der Waals surface area contributed by atoms with Gasteiger partial charge in [-0.1, -0.05) is 66.7 Å². The molecule has 226 valence electrons. The first-order chi connectivity index (χ1) is 21.2. The molecular formula is C33H33N5O6. The van der Waals surface area contributed by atoms with Gasteiger partial charge >= 0.3 is 11.9 Å². The molecule has 3 atom stereocenters. The Kier molecular flexibility index (Phi) is 9.17. The molecule has 0 aliphatic heterocycles. The minimum atomic E-state index is -1.89. The number of carbonyl (C=O) groups is 4. The topological polar surface area (TPSA) is 185 Å². The Bertz CT molecular complexity index is 1700. The summed E-state index contributed by atoms with van der Waals surface area (Å²) < 4.78 is 5.28. The molecule has 0 bridgehead atoms. The van der Waals surface area contributed by atoms with E-state index >= 15 is 0 Å². The van der Waals surface area contributed by atoms with Crippen LogP contribution in [0.25, 0.3) is 21.8 Å². The lowest BCUT2D eigenvalue weighted by Gasteiger charge is -2.31. The highest BCUT2D eigenvalue weighted by molar-refractivity contribution is 6.04. The number of carbonyl (C=O) groups excluding carboxylic acids is 3. The number of amides is 2. The van der Waals surface area contributed by atoms with Gasteiger partial charge < -0.3 is 31.3 Å². The summed E-state index contributed by atoms with van der Waals surface area (Å²) in [5, 5.41) is 11.9. The van der Waals surface area contributed by atoms with Gasteiger partial charge in [0.2, 0.25) is 11.8 Å². The molecule has 0 saturated heterocycles. The van der Waals surface area contributed by atoms with Crippen LogP contribution in [0.15, 0.2) is 91.3 Å². The van der Waals surface area contributed by atoms with Crippen molar-refractivity contribution < 1.29 is 29.0 Å². The average molecular weight is 596 g/mol. The molecule has 0 fully saturated rings. The largest absolute Gasteiger partial charge is 0.480 e. The number of aromatic nitrogens is 2. The zero-order valence-electron chi connectivity index (χ0n) is 23.8. The number of H-pyrrole nitrogens is 2. The number of rotatable bonds is 12. The number of carboxylic acid groups (broad SMARTS) is 1. The zero-order valence-corrected chi connectivity index (χ0v) is 23.8. The second-order valence-electron chi connectivity index (χ2n) is 10.6. The molecule has 11 nitrogen and oxygen atoms in total. The van der Waals surface area contributed by atoms with Gasteiger partial charge in [-0.2, -0.15) is 0 Å². The van der Waals surface area contributed by atoms with Crippen LogP contribution < -0.4 is 11.5 Å². The van der Waals surface area contributed by atoms with Crippen LogP contribution in [0.4, 0.5) is 0 Å². The van der Waals surface area contributed by atoms with E-state index in [2.05, 4.69) is 9.97 Å². The number of ether oxygens (including phenoxy) is 1. The van der Waals surface area contributed by atoms with Crippen molar-refractivity contribution in [3.05, 3.63) is 108 Å². The van der Waals surface area contributed by atoms with Gasteiger partial charge in [0.15, 0.2) is 0 Å². The first kappa shape index (κ1) is 30.2. The molecule has 0 aliphatic carbocycles. The van der Waals surface area contributed by atoms with Crippen molar-refractivity contribution in [1.29, 1.82) is 0 Å². The van der Waals surface area contributed by atoms with Crippen LogP contribution in [0.3, 0.4) is 0 Å². The molecule has 2 aromatic heterocycles. The summed E-state index contributed by atoms with van der Waals surface area (Å²) in [5.74, 6) is -4.39. The first-order valence-corrected chi connectivity index (χ1v) is 14.1. The predicted octanol–water partition coefficient (Wildman–Crippen LogP) is 3.03. The fourth-order valence-electron chi connectivity index (χ4n) is 5.27. The monoisotopic (exact) mass is 595 g/mol. The van der Waals surface area contributed by atoms with Crippen molar-refractivity contribution in [3.63, 3.8) is 0 Å². The number of nitrogens with two attached hydrogens (primary N) is 2. The molecule has 0 spiro atoms. The predicted molar refractivity (Wildman–Crippen MR) is 164 cm³/mol. The summed E-state index contributed by atoms with van der Waals surface area (Å²) in [4.78, 5) is 59.8. The average Bonchev–Trinajstić information content (AvgIpc) is 3.64. The Hall–Kier alpha value is -5.26. The maximum atomic E-state index is 13.9. The highest BCUT2D eigenvalue weighted by Crippen LogP contribution is 2.22. The van der Waals surface area contributed by atoms with Crippen molar-refractivity contribution in [2.75, 3.05) is 0 Å². The summed E-state index contributed by atoms with van der Waals surface area (Å²) in [6.45, 7) is -0.103. The molecule has 0 aliphatic rings. The molecule has 5 aromatic rings. The molecular weight excluding hydrogens is 562 g/mol. The number of benzene rings is 3. The SMILES string of the molecule is N[C@@H](Cc1c[nH]c2ccccc12)C(=O)N(C(=O)[C@@H](N)Cc1c[nH]c2ccccc12)[C@@H](CC(=O)OCc1ccccc1)C(=O)O.